The predicted octanol–water partition coefficient (Wildman–Crippen LogP) is 3.72. The third-order valence-corrected chi connectivity index (χ3v) is 4.53. The number of benzene rings is 1. The maximum Gasteiger partial charge on any atom is 0.242 e. The van der Waals surface area contributed by atoms with Gasteiger partial charge in [0.15, 0.2) is 0 Å². The summed E-state index contributed by atoms with van der Waals surface area (Å²) in [5.74, 6) is 0.354. The van der Waals surface area contributed by atoms with Gasteiger partial charge in [-0.25, -0.2) is 0 Å². The van der Waals surface area contributed by atoms with Crippen LogP contribution in [0.25, 0.3) is 0 Å². The molecule has 5 nitrogen and oxygen atoms in total. The maximum absolute atomic E-state index is 13.0. The Kier molecular flexibility index (Phi) is 7.92. The number of carbonyl (C=O) groups is 2. The first kappa shape index (κ1) is 21.0. The molecule has 0 aliphatic heterocycles. The summed E-state index contributed by atoms with van der Waals surface area (Å²) in [6.07, 6.45) is 2.32. The van der Waals surface area contributed by atoms with Gasteiger partial charge in [-0.1, -0.05) is 30.3 Å². The van der Waals surface area contributed by atoms with E-state index in [9.17, 15) is 9.59 Å². The van der Waals surface area contributed by atoms with E-state index in [1.807, 2.05) is 50.2 Å². The van der Waals surface area contributed by atoms with Gasteiger partial charge in [-0.2, -0.15) is 0 Å². The molecular weight excluding hydrogens is 364 g/mol. The molecule has 146 valence electrons. The van der Waals surface area contributed by atoms with E-state index >= 15 is 0 Å². The molecule has 0 N–H and O–H groups in total. The van der Waals surface area contributed by atoms with E-state index in [-0.39, 0.29) is 24.4 Å². The molecule has 27 heavy (non-hydrogen) atoms. The summed E-state index contributed by atoms with van der Waals surface area (Å²) in [5.41, 5.74) is 1.15. The smallest absolute Gasteiger partial charge is 0.242 e. The van der Waals surface area contributed by atoms with Gasteiger partial charge in [0.1, 0.15) is 17.7 Å². The van der Waals surface area contributed by atoms with Crippen LogP contribution in [-0.2, 0) is 22.6 Å². The Morgan fingerprint density at radius 2 is 1.78 bits per heavy atom. The molecule has 2 aromatic rings. The number of hydrogen-bond donors (Lipinski definition) is 0. The zero-order valence-electron chi connectivity index (χ0n) is 16.1. The topological polar surface area (TPSA) is 53.8 Å². The van der Waals surface area contributed by atoms with Gasteiger partial charge in [-0.15, -0.1) is 11.6 Å². The van der Waals surface area contributed by atoms with Crippen LogP contribution in [0.15, 0.2) is 53.1 Å². The molecule has 1 heterocycles. The molecule has 0 aliphatic rings. The van der Waals surface area contributed by atoms with Crippen LogP contribution in [0, 0.1) is 0 Å². The van der Waals surface area contributed by atoms with Crippen molar-refractivity contribution in [2.75, 3.05) is 13.1 Å². The van der Waals surface area contributed by atoms with Crippen LogP contribution in [0.2, 0.25) is 0 Å². The van der Waals surface area contributed by atoms with Crippen molar-refractivity contribution in [3.63, 3.8) is 0 Å². The van der Waals surface area contributed by atoms with Crippen molar-refractivity contribution in [2.45, 2.75) is 45.2 Å². The van der Waals surface area contributed by atoms with Crippen molar-refractivity contribution in [2.24, 2.45) is 0 Å². The van der Waals surface area contributed by atoms with Gasteiger partial charge in [0, 0.05) is 12.6 Å². The van der Waals surface area contributed by atoms with Crippen LogP contribution in [0.4, 0.5) is 0 Å². The van der Waals surface area contributed by atoms with Gasteiger partial charge in [0.25, 0.3) is 0 Å². The molecule has 0 saturated carbocycles. The number of alkyl halides is 1. The van der Waals surface area contributed by atoms with Crippen molar-refractivity contribution in [1.29, 1.82) is 0 Å². The van der Waals surface area contributed by atoms with Gasteiger partial charge in [-0.3, -0.25) is 9.59 Å². The van der Waals surface area contributed by atoms with Crippen molar-refractivity contribution in [3.05, 3.63) is 60.1 Å². The highest BCUT2D eigenvalue weighted by Crippen LogP contribution is 2.12. The molecule has 1 aromatic heterocycles. The fraction of sp³-hybridized carbons (Fsp3) is 0.429. The number of halogens is 1. The second kappa shape index (κ2) is 10.2. The summed E-state index contributed by atoms with van der Waals surface area (Å²) in [6, 6.07) is 13.5. The Bertz CT molecular complexity index is 714. The lowest BCUT2D eigenvalue weighted by Gasteiger charge is -2.30. The summed E-state index contributed by atoms with van der Waals surface area (Å²) >= 11 is 5.96. The van der Waals surface area contributed by atoms with E-state index in [0.29, 0.717) is 18.8 Å². The zero-order valence-corrected chi connectivity index (χ0v) is 16.9. The number of amides is 2. The standard InChI is InChI=1S/C21H27ClN2O3/c1-16(2)24(21(26)17(3)22)15-20(25)23(14-19-10-7-13-27-19)12-11-18-8-5-4-6-9-18/h4-10,13,16-17H,11-12,14-15H2,1-3H3. The van der Waals surface area contributed by atoms with Crippen molar-refractivity contribution >= 4 is 23.4 Å². The molecule has 6 heteroatoms. The quantitative estimate of drug-likeness (QED) is 0.613. The van der Waals surface area contributed by atoms with Gasteiger partial charge >= 0.3 is 0 Å². The highest BCUT2D eigenvalue weighted by molar-refractivity contribution is 6.30. The van der Waals surface area contributed by atoms with Crippen LogP contribution in [0.3, 0.4) is 0 Å². The lowest BCUT2D eigenvalue weighted by Crippen LogP contribution is -2.48. The highest BCUT2D eigenvalue weighted by atomic mass is 35.5. The minimum Gasteiger partial charge on any atom is -0.467 e. The third-order valence-electron chi connectivity index (χ3n) is 4.35. The molecule has 0 radical (unpaired) electrons. The molecule has 0 aliphatic carbocycles. The lowest BCUT2D eigenvalue weighted by atomic mass is 10.1. The van der Waals surface area contributed by atoms with Gasteiger partial charge in [-0.05, 0) is 44.9 Å². The summed E-state index contributed by atoms with van der Waals surface area (Å²) in [4.78, 5) is 28.6. The molecule has 0 saturated heterocycles. The number of carbonyl (C=O) groups excluding carboxylic acids is 2. The molecule has 1 aromatic carbocycles. The van der Waals surface area contributed by atoms with Crippen LogP contribution in [-0.4, -0.2) is 46.1 Å². The monoisotopic (exact) mass is 390 g/mol. The zero-order chi connectivity index (χ0) is 19.8. The molecule has 0 spiro atoms. The van der Waals surface area contributed by atoms with Gasteiger partial charge in [0.2, 0.25) is 11.8 Å². The van der Waals surface area contributed by atoms with Crippen LogP contribution in [0.1, 0.15) is 32.1 Å². The van der Waals surface area contributed by atoms with Gasteiger partial charge in [0.05, 0.1) is 12.8 Å². The molecule has 2 amide bonds. The molecule has 0 bridgehead atoms. The summed E-state index contributed by atoms with van der Waals surface area (Å²) in [7, 11) is 0. The average molecular weight is 391 g/mol. The molecule has 1 atom stereocenters. The first-order valence-electron chi connectivity index (χ1n) is 9.17. The van der Waals surface area contributed by atoms with E-state index in [4.69, 9.17) is 16.0 Å². The third kappa shape index (κ3) is 6.43. The Morgan fingerprint density at radius 3 is 2.33 bits per heavy atom. The summed E-state index contributed by atoms with van der Waals surface area (Å²) in [6.45, 7) is 6.30. The van der Waals surface area contributed by atoms with E-state index in [1.165, 1.54) is 4.90 Å². The second-order valence-corrected chi connectivity index (χ2v) is 7.46. The van der Waals surface area contributed by atoms with Crippen molar-refractivity contribution in [1.82, 2.24) is 9.80 Å². The number of hydrogen-bond acceptors (Lipinski definition) is 3. The van der Waals surface area contributed by atoms with Gasteiger partial charge < -0.3 is 14.2 Å². The van der Waals surface area contributed by atoms with E-state index < -0.39 is 5.38 Å². The fourth-order valence-electron chi connectivity index (χ4n) is 2.78. The number of rotatable bonds is 9. The molecule has 1 unspecified atom stereocenters. The number of nitrogens with zero attached hydrogens (tertiary/aromatic N) is 2. The minimum absolute atomic E-state index is 0.00303. The largest absolute Gasteiger partial charge is 0.467 e. The molecular formula is C21H27ClN2O3. The van der Waals surface area contributed by atoms with E-state index in [1.54, 1.807) is 24.2 Å². The van der Waals surface area contributed by atoms with Crippen LogP contribution >= 0.6 is 11.6 Å². The lowest BCUT2D eigenvalue weighted by molar-refractivity contribution is -0.142. The first-order chi connectivity index (χ1) is 12.9. The first-order valence-corrected chi connectivity index (χ1v) is 9.60. The Morgan fingerprint density at radius 1 is 1.07 bits per heavy atom. The Labute approximate surface area is 165 Å². The van der Waals surface area contributed by atoms with Crippen LogP contribution in [0.5, 0.6) is 0 Å². The van der Waals surface area contributed by atoms with Crippen molar-refractivity contribution < 1.29 is 14.0 Å². The highest BCUT2D eigenvalue weighted by Gasteiger charge is 2.26. The Balaban J connectivity index is 2.10. The summed E-state index contributed by atoms with van der Waals surface area (Å²) in [5, 5.41) is -0.664. The average Bonchev–Trinajstić information content (AvgIpc) is 3.16. The SMILES string of the molecule is CC(Cl)C(=O)N(CC(=O)N(CCc1ccccc1)Cc1ccco1)C(C)C. The minimum atomic E-state index is -0.664. The normalized spacial score (nSPS) is 12.0. The number of furan rings is 1. The van der Waals surface area contributed by atoms with E-state index in [2.05, 4.69) is 0 Å². The second-order valence-electron chi connectivity index (χ2n) is 6.81. The molecule has 0 fully saturated rings. The van der Waals surface area contributed by atoms with Crippen LogP contribution < -0.4 is 0 Å². The van der Waals surface area contributed by atoms with Crippen molar-refractivity contribution in [3.8, 4) is 0 Å². The maximum atomic E-state index is 13.0. The fourth-order valence-corrected chi connectivity index (χ4v) is 2.91. The Hall–Kier alpha value is -2.27. The predicted molar refractivity (Wildman–Crippen MR) is 106 cm³/mol. The van der Waals surface area contributed by atoms with E-state index in [0.717, 1.165) is 12.0 Å². The summed E-state index contributed by atoms with van der Waals surface area (Å²) < 4.78 is 5.41. The molecule has 2 rings (SSSR count).